The summed E-state index contributed by atoms with van der Waals surface area (Å²) in [5, 5.41) is 11.7. The number of hydrogen-bond donors (Lipinski definition) is 2. The maximum atomic E-state index is 13.2. The van der Waals surface area contributed by atoms with Gasteiger partial charge in [-0.15, -0.1) is 0 Å². The van der Waals surface area contributed by atoms with E-state index in [-0.39, 0.29) is 43.4 Å². The van der Waals surface area contributed by atoms with Crippen LogP contribution in [0.5, 0.6) is 0 Å². The molecule has 0 spiro atoms. The highest BCUT2D eigenvalue weighted by Crippen LogP contribution is 2.44. The third-order valence-corrected chi connectivity index (χ3v) is 6.75. The third-order valence-electron chi connectivity index (χ3n) is 6.75. The molecule has 2 aromatic carbocycles. The van der Waals surface area contributed by atoms with Gasteiger partial charge in [0, 0.05) is 18.9 Å². The molecule has 1 aliphatic carbocycles. The van der Waals surface area contributed by atoms with E-state index in [0.29, 0.717) is 13.2 Å². The summed E-state index contributed by atoms with van der Waals surface area (Å²) in [5.74, 6) is -1.46. The van der Waals surface area contributed by atoms with Crippen LogP contribution in [0, 0.1) is 0 Å². The van der Waals surface area contributed by atoms with E-state index in [1.165, 1.54) is 0 Å². The molecule has 180 valence electrons. The number of carboxylic acid groups (broad SMARTS) is 1. The van der Waals surface area contributed by atoms with Crippen molar-refractivity contribution in [3.8, 4) is 11.1 Å². The summed E-state index contributed by atoms with van der Waals surface area (Å²) in [6, 6.07) is 14.9. The molecule has 8 heteroatoms. The molecule has 3 atom stereocenters. The number of ether oxygens (including phenoxy) is 2. The average Bonchev–Trinajstić information content (AvgIpc) is 3.15. The number of nitrogens with zero attached hydrogens (tertiary/aromatic N) is 1. The molecule has 34 heavy (non-hydrogen) atoms. The predicted octanol–water partition coefficient (Wildman–Crippen LogP) is 3.39. The predicted molar refractivity (Wildman–Crippen MR) is 125 cm³/mol. The zero-order valence-electron chi connectivity index (χ0n) is 19.4. The van der Waals surface area contributed by atoms with E-state index in [1.807, 2.05) is 50.2 Å². The van der Waals surface area contributed by atoms with Crippen molar-refractivity contribution in [3.63, 3.8) is 0 Å². The van der Waals surface area contributed by atoms with Crippen LogP contribution in [0.15, 0.2) is 48.5 Å². The van der Waals surface area contributed by atoms with Crippen molar-refractivity contribution in [1.29, 1.82) is 0 Å². The first-order valence-electron chi connectivity index (χ1n) is 11.6. The second-order valence-electron chi connectivity index (χ2n) is 8.80. The number of rotatable bonds is 7. The quantitative estimate of drug-likeness (QED) is 0.648. The summed E-state index contributed by atoms with van der Waals surface area (Å²) in [7, 11) is 0. The molecule has 2 amide bonds. The van der Waals surface area contributed by atoms with E-state index in [4.69, 9.17) is 14.6 Å². The molecule has 2 aromatic rings. The standard InChI is InChI=1S/C26H30N2O6/c1-16-17(2)33-14-13-28(16)25(31)23(11-12-24(29)30)27-26(32)34-15-22-20-9-5-3-7-18(20)19-8-4-6-10-21(19)22/h3-10,16-17,22-23H,11-15H2,1-2H3,(H,27,32)(H,29,30). The lowest BCUT2D eigenvalue weighted by Crippen LogP contribution is -2.57. The Morgan fingerprint density at radius 1 is 1.09 bits per heavy atom. The van der Waals surface area contributed by atoms with Gasteiger partial charge < -0.3 is 24.8 Å². The second kappa shape index (κ2) is 10.3. The molecular formula is C26H30N2O6. The van der Waals surface area contributed by atoms with Crippen molar-refractivity contribution >= 4 is 18.0 Å². The van der Waals surface area contributed by atoms with Crippen LogP contribution in [0.1, 0.15) is 43.7 Å². The monoisotopic (exact) mass is 466 g/mol. The first-order chi connectivity index (χ1) is 16.4. The Hall–Kier alpha value is -3.39. The number of hydrogen-bond acceptors (Lipinski definition) is 5. The fraction of sp³-hybridized carbons (Fsp3) is 0.423. The molecule has 4 rings (SSSR count). The number of carbonyl (C=O) groups excluding carboxylic acids is 2. The SMILES string of the molecule is CC1OCCN(C(=O)C(CCC(=O)O)NC(=O)OCC2c3ccccc3-c3ccccc32)C1C. The van der Waals surface area contributed by atoms with Crippen LogP contribution >= 0.6 is 0 Å². The maximum Gasteiger partial charge on any atom is 0.407 e. The van der Waals surface area contributed by atoms with Crippen molar-refractivity contribution in [2.24, 2.45) is 0 Å². The molecule has 1 saturated heterocycles. The normalized spacial score (nSPS) is 20.2. The summed E-state index contributed by atoms with van der Waals surface area (Å²) in [5.41, 5.74) is 4.42. The number of aliphatic carboxylic acids is 1. The van der Waals surface area contributed by atoms with Gasteiger partial charge in [0.25, 0.3) is 0 Å². The molecule has 8 nitrogen and oxygen atoms in total. The van der Waals surface area contributed by atoms with Gasteiger partial charge in [-0.2, -0.15) is 0 Å². The molecular weight excluding hydrogens is 436 g/mol. The molecule has 0 aromatic heterocycles. The van der Waals surface area contributed by atoms with Gasteiger partial charge in [-0.3, -0.25) is 9.59 Å². The molecule has 2 N–H and O–H groups in total. The minimum absolute atomic E-state index is 0.0170. The second-order valence-corrected chi connectivity index (χ2v) is 8.80. The number of nitrogens with one attached hydrogen (secondary N) is 1. The lowest BCUT2D eigenvalue weighted by Gasteiger charge is -2.39. The lowest BCUT2D eigenvalue weighted by molar-refractivity contribution is -0.146. The van der Waals surface area contributed by atoms with Gasteiger partial charge in [0.05, 0.1) is 18.8 Å². The average molecular weight is 467 g/mol. The highest BCUT2D eigenvalue weighted by atomic mass is 16.5. The summed E-state index contributed by atoms with van der Waals surface area (Å²) in [6.45, 7) is 4.66. The van der Waals surface area contributed by atoms with E-state index in [9.17, 15) is 14.4 Å². The summed E-state index contributed by atoms with van der Waals surface area (Å²) >= 11 is 0. The Morgan fingerprint density at radius 2 is 1.71 bits per heavy atom. The zero-order chi connectivity index (χ0) is 24.2. The molecule has 0 saturated carbocycles. The minimum atomic E-state index is -1.03. The Labute approximate surface area is 198 Å². The van der Waals surface area contributed by atoms with E-state index in [2.05, 4.69) is 17.4 Å². The number of amides is 2. The number of carbonyl (C=O) groups is 3. The fourth-order valence-electron chi connectivity index (χ4n) is 4.75. The van der Waals surface area contributed by atoms with Crippen molar-refractivity contribution < 1.29 is 29.0 Å². The van der Waals surface area contributed by atoms with Crippen molar-refractivity contribution in [2.45, 2.75) is 50.8 Å². The molecule has 1 fully saturated rings. The number of alkyl carbamates (subject to hydrolysis) is 1. The van der Waals surface area contributed by atoms with Crippen LogP contribution in [-0.4, -0.2) is 65.9 Å². The molecule has 3 unspecified atom stereocenters. The summed E-state index contributed by atoms with van der Waals surface area (Å²) < 4.78 is 11.2. The number of morpholine rings is 1. The topological polar surface area (TPSA) is 105 Å². The van der Waals surface area contributed by atoms with Crippen LogP contribution < -0.4 is 5.32 Å². The first kappa shape index (κ1) is 23.8. The highest BCUT2D eigenvalue weighted by Gasteiger charge is 2.35. The van der Waals surface area contributed by atoms with Gasteiger partial charge in [0.2, 0.25) is 5.91 Å². The Kier molecular flexibility index (Phi) is 7.17. The van der Waals surface area contributed by atoms with Gasteiger partial charge in [-0.1, -0.05) is 48.5 Å². The fourth-order valence-corrected chi connectivity index (χ4v) is 4.75. The molecule has 2 aliphatic rings. The van der Waals surface area contributed by atoms with E-state index in [1.54, 1.807) is 4.90 Å². The van der Waals surface area contributed by atoms with Gasteiger partial charge in [-0.25, -0.2) is 4.79 Å². The van der Waals surface area contributed by atoms with E-state index in [0.717, 1.165) is 22.3 Å². The van der Waals surface area contributed by atoms with Gasteiger partial charge in [0.15, 0.2) is 0 Å². The Bertz CT molecular complexity index is 1030. The molecule has 1 aliphatic heterocycles. The minimum Gasteiger partial charge on any atom is -0.481 e. The van der Waals surface area contributed by atoms with Crippen LogP contribution in [0.3, 0.4) is 0 Å². The van der Waals surface area contributed by atoms with E-state index >= 15 is 0 Å². The number of carboxylic acids is 1. The van der Waals surface area contributed by atoms with Crippen LogP contribution in [0.25, 0.3) is 11.1 Å². The molecule has 0 bridgehead atoms. The van der Waals surface area contributed by atoms with Crippen molar-refractivity contribution in [1.82, 2.24) is 10.2 Å². The van der Waals surface area contributed by atoms with E-state index < -0.39 is 18.1 Å². The highest BCUT2D eigenvalue weighted by molar-refractivity contribution is 5.86. The number of benzene rings is 2. The van der Waals surface area contributed by atoms with Gasteiger partial charge in [0.1, 0.15) is 12.6 Å². The summed E-state index contributed by atoms with van der Waals surface area (Å²) in [4.78, 5) is 38.7. The van der Waals surface area contributed by atoms with Crippen LogP contribution in [0.2, 0.25) is 0 Å². The van der Waals surface area contributed by atoms with Gasteiger partial charge >= 0.3 is 12.1 Å². The summed E-state index contributed by atoms with van der Waals surface area (Å²) in [6.07, 6.45) is -1.14. The first-order valence-corrected chi connectivity index (χ1v) is 11.6. The lowest BCUT2D eigenvalue weighted by atomic mass is 9.98. The van der Waals surface area contributed by atoms with Crippen LogP contribution in [-0.2, 0) is 19.1 Å². The number of fused-ring (bicyclic) bond motifs is 3. The maximum absolute atomic E-state index is 13.2. The van der Waals surface area contributed by atoms with Crippen LogP contribution in [0.4, 0.5) is 4.79 Å². The Balaban J connectivity index is 1.44. The largest absolute Gasteiger partial charge is 0.481 e. The van der Waals surface area contributed by atoms with Crippen molar-refractivity contribution in [3.05, 3.63) is 59.7 Å². The molecule has 0 radical (unpaired) electrons. The smallest absolute Gasteiger partial charge is 0.407 e. The van der Waals surface area contributed by atoms with Crippen molar-refractivity contribution in [2.75, 3.05) is 19.8 Å². The third kappa shape index (κ3) is 4.92. The Morgan fingerprint density at radius 3 is 2.32 bits per heavy atom. The molecule has 1 heterocycles. The van der Waals surface area contributed by atoms with Gasteiger partial charge in [-0.05, 0) is 42.5 Å². The zero-order valence-corrected chi connectivity index (χ0v) is 19.4.